The van der Waals surface area contributed by atoms with E-state index in [2.05, 4.69) is 37.9 Å². The number of Topliss-reactive ketones (excluding diaryl/α,β-unsaturated/α-hetero) is 1. The molecule has 5 rings (SSSR count). The smallest absolute Gasteiger partial charge is 0.329 e. The van der Waals surface area contributed by atoms with E-state index in [0.717, 1.165) is 15.7 Å². The van der Waals surface area contributed by atoms with Crippen LogP contribution in [0.3, 0.4) is 0 Å². The Balaban J connectivity index is 1.80. The Kier molecular flexibility index (Phi) is 6.69. The van der Waals surface area contributed by atoms with Crippen LogP contribution in [0.4, 0.5) is 5.69 Å². The van der Waals surface area contributed by atoms with Crippen molar-refractivity contribution in [2.24, 2.45) is 5.41 Å². The lowest BCUT2D eigenvalue weighted by atomic mass is 9.68. The Morgan fingerprint density at radius 2 is 1.76 bits per heavy atom. The van der Waals surface area contributed by atoms with Gasteiger partial charge in [-0.25, -0.2) is 0 Å². The Morgan fingerprint density at radius 3 is 2.41 bits per heavy atom. The highest BCUT2D eigenvalue weighted by Gasteiger charge is 2.67. The fourth-order valence-electron chi connectivity index (χ4n) is 5.57. The third-order valence-electron chi connectivity index (χ3n) is 7.19. The summed E-state index contributed by atoms with van der Waals surface area (Å²) in [6, 6.07) is 21.0. The maximum atomic E-state index is 14.4. The molecule has 0 N–H and O–H groups in total. The molecule has 3 aromatic carbocycles. The molecule has 0 aliphatic carbocycles. The van der Waals surface area contributed by atoms with E-state index in [9.17, 15) is 14.9 Å². The second-order valence-electron chi connectivity index (χ2n) is 8.93. The van der Waals surface area contributed by atoms with Crippen LogP contribution >= 0.6 is 31.9 Å². The van der Waals surface area contributed by atoms with Gasteiger partial charge >= 0.3 is 5.97 Å². The van der Waals surface area contributed by atoms with Crippen molar-refractivity contribution in [2.75, 3.05) is 19.1 Å². The maximum absolute atomic E-state index is 14.4. The van der Waals surface area contributed by atoms with E-state index in [-0.39, 0.29) is 5.78 Å². The lowest BCUT2D eigenvalue weighted by Gasteiger charge is -2.36. The van der Waals surface area contributed by atoms with E-state index in [4.69, 9.17) is 9.47 Å². The zero-order chi connectivity index (χ0) is 26.3. The second kappa shape index (κ2) is 9.81. The molecule has 6 nitrogen and oxygen atoms in total. The molecule has 3 aromatic rings. The standard InChI is InChI=1S/C29H22Br2N2O4/c1-36-23-13-9-19(15-21(23)31)27(34)26-25(18-7-11-20(30)12-8-18)29(16-32,28(35)37-2)24-14-10-17-5-3-4-6-22(17)33(24)26/h3-15,24-26H,1-2H3/t24-,25-,26+,29+/m1/s1. The van der Waals surface area contributed by atoms with Gasteiger partial charge in [-0.1, -0.05) is 58.4 Å². The minimum atomic E-state index is -1.67. The summed E-state index contributed by atoms with van der Waals surface area (Å²) < 4.78 is 12.1. The highest BCUT2D eigenvalue weighted by Crippen LogP contribution is 2.56. The maximum Gasteiger partial charge on any atom is 0.329 e. The molecule has 0 bridgehead atoms. The minimum Gasteiger partial charge on any atom is -0.496 e. The number of anilines is 1. The molecule has 2 aliphatic heterocycles. The number of ether oxygens (including phenoxy) is 2. The Morgan fingerprint density at radius 1 is 1.03 bits per heavy atom. The van der Waals surface area contributed by atoms with Crippen LogP contribution in [0.1, 0.15) is 27.4 Å². The number of benzene rings is 3. The van der Waals surface area contributed by atoms with E-state index in [0.29, 0.717) is 21.3 Å². The zero-order valence-corrected chi connectivity index (χ0v) is 23.2. The van der Waals surface area contributed by atoms with Gasteiger partial charge in [0.2, 0.25) is 0 Å². The summed E-state index contributed by atoms with van der Waals surface area (Å²) in [5, 5.41) is 10.7. The number of nitriles is 1. The third kappa shape index (κ3) is 3.89. The van der Waals surface area contributed by atoms with Gasteiger partial charge in [0.05, 0.1) is 30.8 Å². The summed E-state index contributed by atoms with van der Waals surface area (Å²) in [5.74, 6) is -1.11. The van der Waals surface area contributed by atoms with Crippen molar-refractivity contribution in [2.45, 2.75) is 18.0 Å². The van der Waals surface area contributed by atoms with Crippen LogP contribution < -0.4 is 9.64 Å². The van der Waals surface area contributed by atoms with Crippen LogP contribution in [0.5, 0.6) is 5.75 Å². The summed E-state index contributed by atoms with van der Waals surface area (Å²) >= 11 is 6.95. The number of halogens is 2. The fourth-order valence-corrected chi connectivity index (χ4v) is 6.37. The largest absolute Gasteiger partial charge is 0.496 e. The molecule has 0 aromatic heterocycles. The number of ketones is 1. The molecule has 0 unspecified atom stereocenters. The number of rotatable bonds is 5. The Hall–Kier alpha value is -3.41. The number of carbonyl (C=O) groups excluding carboxylic acids is 2. The van der Waals surface area contributed by atoms with Crippen molar-refractivity contribution in [1.82, 2.24) is 0 Å². The fraction of sp³-hybridized carbons (Fsp3) is 0.207. The highest BCUT2D eigenvalue weighted by molar-refractivity contribution is 9.10. The first kappa shape index (κ1) is 25.2. The molecule has 37 heavy (non-hydrogen) atoms. The van der Waals surface area contributed by atoms with Gasteiger partial charge in [0.25, 0.3) is 0 Å². The van der Waals surface area contributed by atoms with Crippen LogP contribution in [0.25, 0.3) is 6.08 Å². The lowest BCUT2D eigenvalue weighted by molar-refractivity contribution is -0.150. The average Bonchev–Trinajstić information content (AvgIpc) is 3.24. The molecular weight excluding hydrogens is 600 g/mol. The van der Waals surface area contributed by atoms with Crippen molar-refractivity contribution < 1.29 is 19.1 Å². The molecule has 0 amide bonds. The molecule has 0 saturated carbocycles. The molecule has 1 fully saturated rings. The number of carbonyl (C=O) groups is 2. The normalized spacial score (nSPS) is 23.5. The van der Waals surface area contributed by atoms with Crippen LogP contribution in [0, 0.1) is 16.7 Å². The summed E-state index contributed by atoms with van der Waals surface area (Å²) in [5.41, 5.74) is 1.15. The van der Waals surface area contributed by atoms with Gasteiger partial charge in [-0.05, 0) is 63.5 Å². The van der Waals surface area contributed by atoms with Gasteiger partial charge in [0.1, 0.15) is 11.8 Å². The van der Waals surface area contributed by atoms with E-state index in [1.165, 1.54) is 7.11 Å². The monoisotopic (exact) mass is 620 g/mol. The van der Waals surface area contributed by atoms with Crippen LogP contribution in [-0.4, -0.2) is 38.1 Å². The van der Waals surface area contributed by atoms with Crippen molar-refractivity contribution in [3.05, 3.63) is 98.4 Å². The van der Waals surface area contributed by atoms with E-state index in [1.807, 2.05) is 65.6 Å². The molecule has 2 aliphatic rings. The molecule has 4 atom stereocenters. The van der Waals surface area contributed by atoms with Gasteiger partial charge in [0.15, 0.2) is 11.2 Å². The molecular formula is C29H22Br2N2O4. The highest BCUT2D eigenvalue weighted by atomic mass is 79.9. The van der Waals surface area contributed by atoms with Crippen molar-refractivity contribution in [3.8, 4) is 11.8 Å². The summed E-state index contributed by atoms with van der Waals surface area (Å²) in [7, 11) is 2.84. The first-order valence-electron chi connectivity index (χ1n) is 11.6. The van der Waals surface area contributed by atoms with E-state index < -0.39 is 29.4 Å². The molecule has 8 heteroatoms. The van der Waals surface area contributed by atoms with Crippen LogP contribution in [0.2, 0.25) is 0 Å². The van der Waals surface area contributed by atoms with Gasteiger partial charge in [-0.15, -0.1) is 0 Å². The van der Waals surface area contributed by atoms with E-state index >= 15 is 0 Å². The van der Waals surface area contributed by atoms with Crippen molar-refractivity contribution in [1.29, 1.82) is 5.26 Å². The Bertz CT molecular complexity index is 1460. The van der Waals surface area contributed by atoms with Crippen LogP contribution in [-0.2, 0) is 9.53 Å². The van der Waals surface area contributed by atoms with Crippen molar-refractivity contribution in [3.63, 3.8) is 0 Å². The number of methoxy groups -OCH3 is 2. The number of fused-ring (bicyclic) bond motifs is 3. The summed E-state index contributed by atoms with van der Waals surface area (Å²) in [4.78, 5) is 29.9. The number of nitrogens with zero attached hydrogens (tertiary/aromatic N) is 2. The number of hydrogen-bond acceptors (Lipinski definition) is 6. The van der Waals surface area contributed by atoms with Crippen LogP contribution in [0.15, 0.2) is 81.8 Å². The zero-order valence-electron chi connectivity index (χ0n) is 20.0. The summed E-state index contributed by atoms with van der Waals surface area (Å²) in [6.07, 6.45) is 3.74. The second-order valence-corrected chi connectivity index (χ2v) is 10.7. The molecule has 0 spiro atoms. The number of hydrogen-bond donors (Lipinski definition) is 0. The number of esters is 1. The molecule has 186 valence electrons. The molecule has 1 saturated heterocycles. The van der Waals surface area contributed by atoms with E-state index in [1.54, 1.807) is 25.3 Å². The Labute approximate surface area is 231 Å². The molecule has 0 radical (unpaired) electrons. The SMILES string of the molecule is COC(=O)[C@]1(C#N)[C@H](c2ccc(Br)cc2)[C@@H](C(=O)c2ccc(OC)c(Br)c2)N2c3ccccc3C=C[C@@H]21. The lowest BCUT2D eigenvalue weighted by Crippen LogP contribution is -2.46. The topological polar surface area (TPSA) is 79.6 Å². The predicted octanol–water partition coefficient (Wildman–Crippen LogP) is 6.15. The first-order chi connectivity index (χ1) is 17.9. The first-order valence-corrected chi connectivity index (χ1v) is 13.1. The van der Waals surface area contributed by atoms with Crippen molar-refractivity contribution >= 4 is 55.4 Å². The van der Waals surface area contributed by atoms with Gasteiger partial charge in [-0.2, -0.15) is 5.26 Å². The summed E-state index contributed by atoms with van der Waals surface area (Å²) in [6.45, 7) is 0. The minimum absolute atomic E-state index is 0.215. The van der Waals surface area contributed by atoms with Gasteiger partial charge in [-0.3, -0.25) is 9.59 Å². The average molecular weight is 622 g/mol. The number of para-hydroxylation sites is 1. The quantitative estimate of drug-likeness (QED) is 0.251. The van der Waals surface area contributed by atoms with Gasteiger partial charge < -0.3 is 14.4 Å². The third-order valence-corrected chi connectivity index (χ3v) is 8.34. The molecule has 2 heterocycles. The van der Waals surface area contributed by atoms with Gasteiger partial charge in [0, 0.05) is 21.6 Å². The predicted molar refractivity (Wildman–Crippen MR) is 148 cm³/mol.